The van der Waals surface area contributed by atoms with Crippen LogP contribution in [0.1, 0.15) is 12.8 Å². The Labute approximate surface area is 104 Å². The van der Waals surface area contributed by atoms with Gasteiger partial charge >= 0.3 is 0 Å². The highest BCUT2D eigenvalue weighted by Gasteiger charge is 2.48. The molecule has 0 heterocycles. The van der Waals surface area contributed by atoms with Gasteiger partial charge in [0, 0.05) is 5.41 Å². The molecule has 0 aromatic heterocycles. The van der Waals surface area contributed by atoms with Gasteiger partial charge in [-0.2, -0.15) is 0 Å². The van der Waals surface area contributed by atoms with Crippen molar-refractivity contribution in [2.24, 2.45) is 17.3 Å². The summed E-state index contributed by atoms with van der Waals surface area (Å²) in [5, 5.41) is 0. The third-order valence-electron chi connectivity index (χ3n) is 3.88. The maximum atomic E-state index is 5.70. The summed E-state index contributed by atoms with van der Waals surface area (Å²) in [6.07, 6.45) is 10.8. The predicted molar refractivity (Wildman–Crippen MR) is 69.8 cm³/mol. The van der Waals surface area contributed by atoms with Crippen molar-refractivity contribution >= 4 is 0 Å². The Hall–Kier alpha value is -0.860. The summed E-state index contributed by atoms with van der Waals surface area (Å²) >= 11 is 0. The highest BCUT2D eigenvalue weighted by atomic mass is 16.5. The molecule has 2 heteroatoms. The van der Waals surface area contributed by atoms with Crippen LogP contribution in [-0.2, 0) is 9.47 Å². The van der Waals surface area contributed by atoms with Crippen LogP contribution in [0.15, 0.2) is 37.5 Å². The first-order valence-electron chi connectivity index (χ1n) is 6.36. The van der Waals surface area contributed by atoms with E-state index >= 15 is 0 Å². The van der Waals surface area contributed by atoms with Crippen LogP contribution in [-0.4, -0.2) is 26.4 Å². The molecule has 0 radical (unpaired) electrons. The second-order valence-electron chi connectivity index (χ2n) is 5.16. The van der Waals surface area contributed by atoms with Crippen molar-refractivity contribution in [2.45, 2.75) is 12.8 Å². The molecule has 0 N–H and O–H groups in total. The van der Waals surface area contributed by atoms with Gasteiger partial charge in [-0.25, -0.2) is 0 Å². The van der Waals surface area contributed by atoms with Gasteiger partial charge in [0.25, 0.3) is 0 Å². The van der Waals surface area contributed by atoms with Crippen LogP contribution in [0.25, 0.3) is 0 Å². The molecular formula is C15H22O2. The lowest BCUT2D eigenvalue weighted by molar-refractivity contribution is -0.0242. The molecule has 1 saturated carbocycles. The zero-order valence-corrected chi connectivity index (χ0v) is 10.4. The normalized spacial score (nSPS) is 28.5. The average Bonchev–Trinajstić information content (AvgIpc) is 2.90. The molecule has 17 heavy (non-hydrogen) atoms. The molecule has 94 valence electrons. The zero-order valence-electron chi connectivity index (χ0n) is 10.4. The molecule has 0 aromatic rings. The number of rotatable bonds is 8. The van der Waals surface area contributed by atoms with E-state index in [-0.39, 0.29) is 5.41 Å². The molecule has 0 aliphatic heterocycles. The lowest BCUT2D eigenvalue weighted by atomic mass is 9.77. The maximum absolute atomic E-state index is 5.70. The predicted octanol–water partition coefficient (Wildman–Crippen LogP) is 2.97. The van der Waals surface area contributed by atoms with E-state index in [1.165, 1.54) is 12.8 Å². The Bertz CT molecular complexity index is 292. The van der Waals surface area contributed by atoms with Crippen molar-refractivity contribution in [1.29, 1.82) is 0 Å². The molecule has 2 atom stereocenters. The highest BCUT2D eigenvalue weighted by Crippen LogP contribution is 2.52. The van der Waals surface area contributed by atoms with E-state index in [2.05, 4.69) is 25.3 Å². The second kappa shape index (κ2) is 5.65. The van der Waals surface area contributed by atoms with Gasteiger partial charge in [0.1, 0.15) is 0 Å². The van der Waals surface area contributed by atoms with Crippen molar-refractivity contribution in [3.63, 3.8) is 0 Å². The van der Waals surface area contributed by atoms with Crippen molar-refractivity contribution < 1.29 is 9.47 Å². The Kier molecular flexibility index (Phi) is 4.19. The fourth-order valence-electron chi connectivity index (χ4n) is 3.12. The van der Waals surface area contributed by atoms with Crippen molar-refractivity contribution in [3.05, 3.63) is 37.5 Å². The molecule has 2 aliphatic carbocycles. The molecule has 2 aliphatic rings. The minimum Gasteiger partial charge on any atom is -0.377 e. The molecule has 1 fully saturated rings. The van der Waals surface area contributed by atoms with Crippen LogP contribution in [0, 0.1) is 17.3 Å². The second-order valence-corrected chi connectivity index (χ2v) is 5.16. The largest absolute Gasteiger partial charge is 0.377 e. The summed E-state index contributed by atoms with van der Waals surface area (Å²) in [5.74, 6) is 1.36. The van der Waals surface area contributed by atoms with Crippen LogP contribution in [0.3, 0.4) is 0 Å². The van der Waals surface area contributed by atoms with Gasteiger partial charge in [0.05, 0.1) is 26.4 Å². The monoisotopic (exact) mass is 234 g/mol. The van der Waals surface area contributed by atoms with Crippen LogP contribution in [0.4, 0.5) is 0 Å². The lowest BCUT2D eigenvalue weighted by Gasteiger charge is -2.34. The number of ether oxygens (including phenoxy) is 2. The van der Waals surface area contributed by atoms with E-state index in [1.807, 2.05) is 0 Å². The summed E-state index contributed by atoms with van der Waals surface area (Å²) in [6, 6.07) is 0. The molecule has 2 unspecified atom stereocenters. The topological polar surface area (TPSA) is 18.5 Å². The smallest absolute Gasteiger partial charge is 0.0645 e. The lowest BCUT2D eigenvalue weighted by Crippen LogP contribution is -2.36. The van der Waals surface area contributed by atoms with Crippen LogP contribution in [0.5, 0.6) is 0 Å². The molecule has 0 amide bonds. The van der Waals surface area contributed by atoms with Gasteiger partial charge in [-0.15, -0.1) is 13.2 Å². The van der Waals surface area contributed by atoms with Crippen molar-refractivity contribution in [1.82, 2.24) is 0 Å². The minimum absolute atomic E-state index is 0.186. The zero-order chi connectivity index (χ0) is 12.1. The molecule has 2 nitrogen and oxygen atoms in total. The van der Waals surface area contributed by atoms with Crippen molar-refractivity contribution in [2.75, 3.05) is 26.4 Å². The summed E-state index contributed by atoms with van der Waals surface area (Å²) in [7, 11) is 0. The van der Waals surface area contributed by atoms with E-state index in [9.17, 15) is 0 Å². The number of hydrogen-bond acceptors (Lipinski definition) is 2. The van der Waals surface area contributed by atoms with Crippen molar-refractivity contribution in [3.8, 4) is 0 Å². The van der Waals surface area contributed by atoms with E-state index in [0.29, 0.717) is 19.1 Å². The molecular weight excluding hydrogens is 212 g/mol. The number of allylic oxidation sites excluding steroid dienone is 2. The molecule has 0 spiro atoms. The molecule has 0 aromatic carbocycles. The van der Waals surface area contributed by atoms with E-state index in [0.717, 1.165) is 19.1 Å². The van der Waals surface area contributed by atoms with E-state index in [1.54, 1.807) is 12.2 Å². The molecule has 2 bridgehead atoms. The molecule has 2 rings (SSSR count). The average molecular weight is 234 g/mol. The first-order chi connectivity index (χ1) is 8.30. The first kappa shape index (κ1) is 12.6. The molecule has 0 saturated heterocycles. The van der Waals surface area contributed by atoms with Gasteiger partial charge in [0.2, 0.25) is 0 Å². The Morgan fingerprint density at radius 2 is 1.76 bits per heavy atom. The van der Waals surface area contributed by atoms with Crippen LogP contribution < -0.4 is 0 Å². The Morgan fingerprint density at radius 1 is 1.12 bits per heavy atom. The van der Waals surface area contributed by atoms with Crippen LogP contribution in [0.2, 0.25) is 0 Å². The van der Waals surface area contributed by atoms with Gasteiger partial charge < -0.3 is 9.47 Å². The summed E-state index contributed by atoms with van der Waals surface area (Å²) in [5.41, 5.74) is 0.186. The first-order valence-corrected chi connectivity index (χ1v) is 6.36. The number of hydrogen-bond donors (Lipinski definition) is 0. The fraction of sp³-hybridized carbons (Fsp3) is 0.600. The summed E-state index contributed by atoms with van der Waals surface area (Å²) in [6.45, 7) is 10.2. The van der Waals surface area contributed by atoms with E-state index < -0.39 is 0 Å². The SMILES string of the molecule is C=CCOCC1(COCC=C)CC2C=CC1C2. The standard InChI is InChI=1S/C15H22O2/c1-3-7-16-11-15(12-17-8-4-2)10-13-5-6-14(15)9-13/h3-6,13-14H,1-2,7-12H2. The van der Waals surface area contributed by atoms with Crippen LogP contribution >= 0.6 is 0 Å². The fourth-order valence-corrected chi connectivity index (χ4v) is 3.12. The summed E-state index contributed by atoms with van der Waals surface area (Å²) < 4.78 is 11.4. The van der Waals surface area contributed by atoms with E-state index in [4.69, 9.17) is 9.47 Å². The quantitative estimate of drug-likeness (QED) is 0.475. The highest BCUT2D eigenvalue weighted by molar-refractivity contribution is 5.15. The maximum Gasteiger partial charge on any atom is 0.0645 e. The third kappa shape index (κ3) is 2.70. The van der Waals surface area contributed by atoms with Gasteiger partial charge in [0.15, 0.2) is 0 Å². The minimum atomic E-state index is 0.186. The Morgan fingerprint density at radius 3 is 2.18 bits per heavy atom. The summed E-state index contributed by atoms with van der Waals surface area (Å²) in [4.78, 5) is 0. The third-order valence-corrected chi connectivity index (χ3v) is 3.88. The van der Waals surface area contributed by atoms with Gasteiger partial charge in [-0.3, -0.25) is 0 Å². The van der Waals surface area contributed by atoms with Gasteiger partial charge in [-0.05, 0) is 24.7 Å². The number of fused-ring (bicyclic) bond motifs is 2. The Balaban J connectivity index is 1.94. The van der Waals surface area contributed by atoms with Gasteiger partial charge in [-0.1, -0.05) is 24.3 Å².